The van der Waals surface area contributed by atoms with Gasteiger partial charge in [0, 0.05) is 19.6 Å². The molecule has 1 saturated carbocycles. The number of likely N-dealkylation sites (tertiary alicyclic amines) is 1. The molecule has 1 N–H and O–H groups in total. The maximum atomic E-state index is 12.1. The first-order valence-corrected chi connectivity index (χ1v) is 7.12. The Morgan fingerprint density at radius 2 is 2.06 bits per heavy atom. The highest BCUT2D eigenvalue weighted by Gasteiger charge is 2.30. The lowest BCUT2D eigenvalue weighted by Crippen LogP contribution is -2.47. The van der Waals surface area contributed by atoms with Crippen molar-refractivity contribution in [1.29, 1.82) is 0 Å². The number of nitrogens with zero attached hydrogens (tertiary/aromatic N) is 1. The van der Waals surface area contributed by atoms with E-state index in [4.69, 9.17) is 0 Å². The van der Waals surface area contributed by atoms with Gasteiger partial charge in [-0.1, -0.05) is 26.7 Å². The van der Waals surface area contributed by atoms with Gasteiger partial charge in [-0.15, -0.1) is 0 Å². The number of urea groups is 1. The topological polar surface area (TPSA) is 32.3 Å². The lowest BCUT2D eigenvalue weighted by molar-refractivity contribution is 0.164. The van der Waals surface area contributed by atoms with Crippen LogP contribution in [0.3, 0.4) is 0 Å². The van der Waals surface area contributed by atoms with Crippen molar-refractivity contribution >= 4 is 6.03 Å². The third-order valence-electron chi connectivity index (χ3n) is 4.42. The average Bonchev–Trinajstić information content (AvgIpc) is 2.74. The highest BCUT2D eigenvalue weighted by atomic mass is 16.2. The van der Waals surface area contributed by atoms with Crippen LogP contribution in [0, 0.1) is 11.3 Å². The Hall–Kier alpha value is -0.730. The molecule has 0 aromatic carbocycles. The van der Waals surface area contributed by atoms with Crippen molar-refractivity contribution in [1.82, 2.24) is 10.2 Å². The molecule has 0 bridgehead atoms. The Labute approximate surface area is 105 Å². The molecule has 1 aliphatic carbocycles. The molecule has 0 aromatic heterocycles. The highest BCUT2D eigenvalue weighted by molar-refractivity contribution is 5.74. The molecule has 1 aliphatic heterocycles. The largest absolute Gasteiger partial charge is 0.337 e. The van der Waals surface area contributed by atoms with Gasteiger partial charge < -0.3 is 10.2 Å². The molecule has 1 heterocycles. The van der Waals surface area contributed by atoms with Crippen LogP contribution >= 0.6 is 0 Å². The van der Waals surface area contributed by atoms with E-state index in [0.29, 0.717) is 11.3 Å². The molecule has 2 fully saturated rings. The smallest absolute Gasteiger partial charge is 0.317 e. The van der Waals surface area contributed by atoms with E-state index in [2.05, 4.69) is 19.2 Å². The molecule has 1 unspecified atom stereocenters. The van der Waals surface area contributed by atoms with E-state index in [9.17, 15) is 4.79 Å². The summed E-state index contributed by atoms with van der Waals surface area (Å²) in [5, 5.41) is 3.14. The summed E-state index contributed by atoms with van der Waals surface area (Å²) in [4.78, 5) is 14.0. The third-order valence-corrected chi connectivity index (χ3v) is 4.42. The first-order chi connectivity index (χ1) is 8.09. The summed E-state index contributed by atoms with van der Waals surface area (Å²) in [6.45, 7) is 7.27. The molecule has 0 spiro atoms. The van der Waals surface area contributed by atoms with Crippen molar-refractivity contribution in [3.63, 3.8) is 0 Å². The van der Waals surface area contributed by atoms with Gasteiger partial charge in [0.2, 0.25) is 0 Å². The number of rotatable bonds is 2. The normalized spacial score (nSPS) is 28.1. The molecule has 3 nitrogen and oxygen atoms in total. The van der Waals surface area contributed by atoms with E-state index in [-0.39, 0.29) is 6.03 Å². The van der Waals surface area contributed by atoms with Gasteiger partial charge in [-0.2, -0.15) is 0 Å². The van der Waals surface area contributed by atoms with Crippen molar-refractivity contribution in [3.05, 3.63) is 0 Å². The van der Waals surface area contributed by atoms with Crippen LogP contribution in [-0.2, 0) is 0 Å². The number of carbonyl (C=O) groups excluding carboxylic acids is 1. The number of carbonyl (C=O) groups is 1. The second-order valence-corrected chi connectivity index (χ2v) is 6.37. The zero-order valence-electron chi connectivity index (χ0n) is 11.3. The van der Waals surface area contributed by atoms with Crippen LogP contribution in [0.5, 0.6) is 0 Å². The summed E-state index contributed by atoms with van der Waals surface area (Å²) in [6, 6.07) is 0.157. The lowest BCUT2D eigenvalue weighted by Gasteiger charge is -2.32. The standard InChI is InChI=1S/C14H26N2O/c1-12-6-5-9-16(10-12)13(17)15-11-14(2)7-3-4-8-14/h12H,3-11H2,1-2H3,(H,15,17). The number of hydrogen-bond acceptors (Lipinski definition) is 1. The van der Waals surface area contributed by atoms with Crippen LogP contribution in [0.15, 0.2) is 0 Å². The van der Waals surface area contributed by atoms with Gasteiger partial charge in [0.1, 0.15) is 0 Å². The molecule has 2 aliphatic rings. The van der Waals surface area contributed by atoms with Gasteiger partial charge in [0.25, 0.3) is 0 Å². The lowest BCUT2D eigenvalue weighted by atomic mass is 9.89. The number of nitrogens with one attached hydrogen (secondary N) is 1. The van der Waals surface area contributed by atoms with Crippen molar-refractivity contribution < 1.29 is 4.79 Å². The van der Waals surface area contributed by atoms with Crippen molar-refractivity contribution in [2.24, 2.45) is 11.3 Å². The number of piperidine rings is 1. The van der Waals surface area contributed by atoms with Crippen LogP contribution in [0.2, 0.25) is 0 Å². The zero-order valence-corrected chi connectivity index (χ0v) is 11.3. The van der Waals surface area contributed by atoms with Crippen LogP contribution in [0.1, 0.15) is 52.4 Å². The van der Waals surface area contributed by atoms with Crippen LogP contribution < -0.4 is 5.32 Å². The van der Waals surface area contributed by atoms with Crippen molar-refractivity contribution in [2.75, 3.05) is 19.6 Å². The number of amides is 2. The highest BCUT2D eigenvalue weighted by Crippen LogP contribution is 2.36. The first-order valence-electron chi connectivity index (χ1n) is 7.12. The SMILES string of the molecule is CC1CCCN(C(=O)NCC2(C)CCCC2)C1. The second kappa shape index (κ2) is 5.28. The summed E-state index contributed by atoms with van der Waals surface area (Å²) in [5.74, 6) is 0.663. The Morgan fingerprint density at radius 3 is 2.71 bits per heavy atom. The Morgan fingerprint density at radius 1 is 1.35 bits per heavy atom. The minimum absolute atomic E-state index is 0.157. The molecule has 0 radical (unpaired) electrons. The summed E-state index contributed by atoms with van der Waals surface area (Å²) in [5.41, 5.74) is 0.358. The third kappa shape index (κ3) is 3.36. The molecule has 2 amide bonds. The molecule has 1 atom stereocenters. The van der Waals surface area contributed by atoms with E-state index in [1.165, 1.54) is 32.1 Å². The zero-order chi connectivity index (χ0) is 12.3. The maximum absolute atomic E-state index is 12.1. The summed E-state index contributed by atoms with van der Waals surface area (Å²) < 4.78 is 0. The summed E-state index contributed by atoms with van der Waals surface area (Å²) >= 11 is 0. The van der Waals surface area contributed by atoms with Gasteiger partial charge in [0.15, 0.2) is 0 Å². The Balaban J connectivity index is 1.76. The van der Waals surface area contributed by atoms with Crippen molar-refractivity contribution in [2.45, 2.75) is 52.4 Å². The van der Waals surface area contributed by atoms with E-state index < -0.39 is 0 Å². The molecule has 1 saturated heterocycles. The first kappa shape index (κ1) is 12.7. The molecular formula is C14H26N2O. The summed E-state index contributed by atoms with van der Waals surface area (Å²) in [7, 11) is 0. The average molecular weight is 238 g/mol. The molecule has 2 rings (SSSR count). The molecule has 0 aromatic rings. The van der Waals surface area contributed by atoms with E-state index >= 15 is 0 Å². The minimum atomic E-state index is 0.157. The van der Waals surface area contributed by atoms with Crippen LogP contribution in [0.4, 0.5) is 4.79 Å². The van der Waals surface area contributed by atoms with Gasteiger partial charge in [-0.3, -0.25) is 0 Å². The maximum Gasteiger partial charge on any atom is 0.317 e. The van der Waals surface area contributed by atoms with E-state index in [1.54, 1.807) is 0 Å². The van der Waals surface area contributed by atoms with Gasteiger partial charge in [-0.05, 0) is 37.0 Å². The predicted molar refractivity (Wildman–Crippen MR) is 69.9 cm³/mol. The Kier molecular flexibility index (Phi) is 3.95. The van der Waals surface area contributed by atoms with Gasteiger partial charge >= 0.3 is 6.03 Å². The molecule has 17 heavy (non-hydrogen) atoms. The monoisotopic (exact) mass is 238 g/mol. The number of hydrogen-bond donors (Lipinski definition) is 1. The molecule has 98 valence electrons. The summed E-state index contributed by atoms with van der Waals surface area (Å²) in [6.07, 6.45) is 7.61. The second-order valence-electron chi connectivity index (χ2n) is 6.37. The van der Waals surface area contributed by atoms with Gasteiger partial charge in [-0.25, -0.2) is 4.79 Å². The molecular weight excluding hydrogens is 212 g/mol. The van der Waals surface area contributed by atoms with Crippen LogP contribution in [0.25, 0.3) is 0 Å². The minimum Gasteiger partial charge on any atom is -0.337 e. The fourth-order valence-electron chi connectivity index (χ4n) is 3.18. The quantitative estimate of drug-likeness (QED) is 0.788. The Bertz CT molecular complexity index is 271. The fraction of sp³-hybridized carbons (Fsp3) is 0.929. The molecule has 3 heteroatoms. The van der Waals surface area contributed by atoms with Crippen molar-refractivity contribution in [3.8, 4) is 0 Å². The van der Waals surface area contributed by atoms with E-state index in [0.717, 1.165) is 26.1 Å². The predicted octanol–water partition coefficient (Wildman–Crippen LogP) is 3.01. The fourth-order valence-corrected chi connectivity index (χ4v) is 3.18. The van der Waals surface area contributed by atoms with Crippen LogP contribution in [-0.4, -0.2) is 30.6 Å². The van der Waals surface area contributed by atoms with Gasteiger partial charge in [0.05, 0.1) is 0 Å². The van der Waals surface area contributed by atoms with E-state index in [1.807, 2.05) is 4.90 Å².